The highest BCUT2D eigenvalue weighted by atomic mass is 127. The fraction of sp³-hybridized carbons (Fsp3) is 0.286. The van der Waals surface area contributed by atoms with E-state index in [4.69, 9.17) is 10.5 Å². The zero-order valence-electron chi connectivity index (χ0n) is 7.43. The van der Waals surface area contributed by atoms with Crippen molar-refractivity contribution < 1.29 is 22.6 Å². The van der Waals surface area contributed by atoms with Gasteiger partial charge in [-0.05, 0) is 22.6 Å². The van der Waals surface area contributed by atoms with Crippen molar-refractivity contribution in [3.05, 3.63) is 9.77 Å². The summed E-state index contributed by atoms with van der Waals surface area (Å²) in [6.07, 6.45) is -3.87. The summed E-state index contributed by atoms with van der Waals surface area (Å²) >= 11 is 1.64. The number of hydrogen-bond donors (Lipinski definition) is 1. The molecule has 0 saturated heterocycles. The Morgan fingerprint density at radius 3 is 2.53 bits per heavy atom. The number of ether oxygens (including phenoxy) is 2. The van der Waals surface area contributed by atoms with Crippen LogP contribution < -0.4 is 15.2 Å². The second-order valence-electron chi connectivity index (χ2n) is 2.40. The minimum Gasteiger partial charge on any atom is -0.492 e. The molecule has 0 saturated carbocycles. The van der Waals surface area contributed by atoms with Crippen molar-refractivity contribution in [2.24, 2.45) is 0 Å². The van der Waals surface area contributed by atoms with Crippen molar-refractivity contribution in [1.29, 1.82) is 0 Å². The average molecular weight is 334 g/mol. The van der Waals surface area contributed by atoms with Crippen LogP contribution in [-0.4, -0.2) is 18.5 Å². The summed E-state index contributed by atoms with van der Waals surface area (Å²) < 4.78 is 44.4. The molecule has 4 nitrogen and oxygen atoms in total. The molecule has 0 amide bonds. The van der Waals surface area contributed by atoms with E-state index in [1.54, 1.807) is 22.6 Å². The number of nitrogen functional groups attached to an aromatic ring is 1. The van der Waals surface area contributed by atoms with Gasteiger partial charge in [0.15, 0.2) is 17.3 Å². The van der Waals surface area contributed by atoms with Crippen LogP contribution in [0.5, 0.6) is 11.5 Å². The third-order valence-electron chi connectivity index (χ3n) is 1.40. The first kappa shape index (κ1) is 12.1. The van der Waals surface area contributed by atoms with E-state index in [1.807, 2.05) is 0 Å². The third kappa shape index (κ3) is 3.01. The zero-order valence-corrected chi connectivity index (χ0v) is 9.59. The van der Waals surface area contributed by atoms with Gasteiger partial charge in [0.05, 0.1) is 13.3 Å². The molecule has 0 aliphatic carbocycles. The van der Waals surface area contributed by atoms with Gasteiger partial charge in [0.1, 0.15) is 3.57 Å². The molecule has 0 fully saturated rings. The summed E-state index contributed by atoms with van der Waals surface area (Å²) in [6.45, 7) is 0. The van der Waals surface area contributed by atoms with Gasteiger partial charge in [0, 0.05) is 0 Å². The first-order valence-electron chi connectivity index (χ1n) is 3.59. The second kappa shape index (κ2) is 4.29. The molecule has 1 aromatic rings. The van der Waals surface area contributed by atoms with E-state index < -0.39 is 12.1 Å². The summed E-state index contributed by atoms with van der Waals surface area (Å²) in [5, 5.41) is 0. The van der Waals surface area contributed by atoms with Crippen LogP contribution in [-0.2, 0) is 0 Å². The number of hydrogen-bond acceptors (Lipinski definition) is 4. The molecule has 1 heterocycles. The molecule has 0 aliphatic heterocycles. The van der Waals surface area contributed by atoms with Crippen LogP contribution >= 0.6 is 22.6 Å². The summed E-state index contributed by atoms with van der Waals surface area (Å²) in [4.78, 5) is 3.52. The normalized spacial score (nSPS) is 11.3. The van der Waals surface area contributed by atoms with Gasteiger partial charge in [-0.2, -0.15) is 0 Å². The Kier molecular flexibility index (Phi) is 3.47. The van der Waals surface area contributed by atoms with E-state index in [2.05, 4.69) is 9.72 Å². The van der Waals surface area contributed by atoms with Crippen molar-refractivity contribution in [3.8, 4) is 11.5 Å². The number of nitrogens with zero attached hydrogens (tertiary/aromatic N) is 1. The number of pyridine rings is 1. The van der Waals surface area contributed by atoms with E-state index in [9.17, 15) is 13.2 Å². The number of anilines is 1. The Balaban J connectivity index is 3.11. The number of methoxy groups -OCH3 is 1. The SMILES string of the molecule is COc1c(N)ncc(OC(F)(F)F)c1I. The fourth-order valence-electron chi connectivity index (χ4n) is 0.858. The van der Waals surface area contributed by atoms with Crippen LogP contribution in [0.1, 0.15) is 0 Å². The van der Waals surface area contributed by atoms with Crippen molar-refractivity contribution in [2.75, 3.05) is 12.8 Å². The van der Waals surface area contributed by atoms with Crippen LogP contribution in [0, 0.1) is 3.57 Å². The molecule has 0 spiro atoms. The van der Waals surface area contributed by atoms with Gasteiger partial charge in [-0.1, -0.05) is 0 Å². The van der Waals surface area contributed by atoms with Gasteiger partial charge in [-0.15, -0.1) is 13.2 Å². The molecule has 0 aliphatic rings. The predicted octanol–water partition coefficient (Wildman–Crippen LogP) is 2.18. The summed E-state index contributed by atoms with van der Waals surface area (Å²) in [6, 6.07) is 0. The van der Waals surface area contributed by atoms with Crippen molar-refractivity contribution in [2.45, 2.75) is 6.36 Å². The fourth-order valence-corrected chi connectivity index (χ4v) is 1.60. The molecule has 2 N–H and O–H groups in total. The van der Waals surface area contributed by atoms with Crippen LogP contribution in [0.2, 0.25) is 0 Å². The van der Waals surface area contributed by atoms with Gasteiger partial charge in [0.2, 0.25) is 0 Å². The van der Waals surface area contributed by atoms with Crippen LogP contribution in [0.3, 0.4) is 0 Å². The zero-order chi connectivity index (χ0) is 11.6. The maximum Gasteiger partial charge on any atom is 0.573 e. The molecule has 0 radical (unpaired) electrons. The lowest BCUT2D eigenvalue weighted by Crippen LogP contribution is -2.18. The topological polar surface area (TPSA) is 57.4 Å². The lowest BCUT2D eigenvalue weighted by molar-refractivity contribution is -0.275. The Bertz CT molecular complexity index is 370. The summed E-state index contributed by atoms with van der Waals surface area (Å²) in [5.41, 5.74) is 5.39. The molecular weight excluding hydrogens is 328 g/mol. The maximum absolute atomic E-state index is 11.9. The Morgan fingerprint density at radius 1 is 1.47 bits per heavy atom. The van der Waals surface area contributed by atoms with Gasteiger partial charge in [0.25, 0.3) is 0 Å². The van der Waals surface area contributed by atoms with Crippen LogP contribution in [0.25, 0.3) is 0 Å². The first-order chi connectivity index (χ1) is 6.85. The van der Waals surface area contributed by atoms with E-state index >= 15 is 0 Å². The van der Waals surface area contributed by atoms with E-state index in [0.717, 1.165) is 6.20 Å². The third-order valence-corrected chi connectivity index (χ3v) is 2.42. The quantitative estimate of drug-likeness (QED) is 0.843. The highest BCUT2D eigenvalue weighted by molar-refractivity contribution is 14.1. The number of nitrogens with two attached hydrogens (primary N) is 1. The van der Waals surface area contributed by atoms with Gasteiger partial charge >= 0.3 is 6.36 Å². The van der Waals surface area contributed by atoms with Crippen LogP contribution in [0.15, 0.2) is 6.20 Å². The minimum atomic E-state index is -4.76. The Morgan fingerprint density at radius 2 is 2.07 bits per heavy atom. The molecular formula is C7H6F3IN2O2. The molecule has 0 atom stereocenters. The van der Waals surface area contributed by atoms with Crippen molar-refractivity contribution >= 4 is 28.4 Å². The van der Waals surface area contributed by atoms with E-state index in [0.29, 0.717) is 0 Å². The molecule has 8 heteroatoms. The highest BCUT2D eigenvalue weighted by Crippen LogP contribution is 2.35. The molecule has 84 valence electrons. The van der Waals surface area contributed by atoms with E-state index in [1.165, 1.54) is 7.11 Å². The van der Waals surface area contributed by atoms with Gasteiger partial charge < -0.3 is 15.2 Å². The Labute approximate surface area is 96.7 Å². The largest absolute Gasteiger partial charge is 0.573 e. The standard InChI is InChI=1S/C7H6F3IN2O2/c1-14-5-4(11)3(2-13-6(5)12)15-7(8,9)10/h2H,1H3,(H2,12,13). The summed E-state index contributed by atoms with van der Waals surface area (Å²) in [5.74, 6) is -0.358. The molecule has 0 bridgehead atoms. The average Bonchev–Trinajstić information content (AvgIpc) is 2.09. The number of alkyl halides is 3. The van der Waals surface area contributed by atoms with E-state index in [-0.39, 0.29) is 15.1 Å². The predicted molar refractivity (Wildman–Crippen MR) is 54.6 cm³/mol. The first-order valence-corrected chi connectivity index (χ1v) is 4.66. The minimum absolute atomic E-state index is 0.0106. The van der Waals surface area contributed by atoms with Gasteiger partial charge in [-0.25, -0.2) is 4.98 Å². The highest BCUT2D eigenvalue weighted by Gasteiger charge is 2.33. The number of halogens is 4. The Hall–Kier alpha value is -0.930. The lowest BCUT2D eigenvalue weighted by atomic mass is 10.4. The molecule has 15 heavy (non-hydrogen) atoms. The maximum atomic E-state index is 11.9. The lowest BCUT2D eigenvalue weighted by Gasteiger charge is -2.13. The molecule has 1 aromatic heterocycles. The second-order valence-corrected chi connectivity index (χ2v) is 3.48. The number of aromatic nitrogens is 1. The molecule has 0 aromatic carbocycles. The van der Waals surface area contributed by atoms with Crippen molar-refractivity contribution in [1.82, 2.24) is 4.98 Å². The van der Waals surface area contributed by atoms with Crippen molar-refractivity contribution in [3.63, 3.8) is 0 Å². The molecule has 1 rings (SSSR count). The number of rotatable bonds is 2. The smallest absolute Gasteiger partial charge is 0.492 e. The monoisotopic (exact) mass is 334 g/mol. The molecule has 0 unspecified atom stereocenters. The van der Waals surface area contributed by atoms with Gasteiger partial charge in [-0.3, -0.25) is 0 Å². The summed E-state index contributed by atoms with van der Waals surface area (Å²) in [7, 11) is 1.28. The van der Waals surface area contributed by atoms with Crippen LogP contribution in [0.4, 0.5) is 19.0 Å².